The molecule has 0 aliphatic heterocycles. The number of amides is 2. The summed E-state index contributed by atoms with van der Waals surface area (Å²) in [7, 11) is 1.55. The summed E-state index contributed by atoms with van der Waals surface area (Å²) in [5.41, 5.74) is 0.606. The van der Waals surface area contributed by atoms with Gasteiger partial charge in [-0.1, -0.05) is 0 Å². The summed E-state index contributed by atoms with van der Waals surface area (Å²) in [6.07, 6.45) is -2.41. The van der Waals surface area contributed by atoms with Crippen LogP contribution in [0.1, 0.15) is 25.7 Å². The summed E-state index contributed by atoms with van der Waals surface area (Å²) in [6, 6.07) is 6.26. The van der Waals surface area contributed by atoms with E-state index < -0.39 is 18.9 Å². The van der Waals surface area contributed by atoms with Gasteiger partial charge in [0.1, 0.15) is 12.4 Å². The van der Waals surface area contributed by atoms with Gasteiger partial charge in [-0.2, -0.15) is 13.2 Å². The molecule has 1 saturated carbocycles. The summed E-state index contributed by atoms with van der Waals surface area (Å²) in [4.78, 5) is 12.0. The smallest absolute Gasteiger partial charge is 0.411 e. The third-order valence-electron chi connectivity index (χ3n) is 3.79. The average molecular weight is 346 g/mol. The highest BCUT2D eigenvalue weighted by Gasteiger charge is 2.31. The van der Waals surface area contributed by atoms with Crippen LogP contribution in [0.5, 0.6) is 5.75 Å². The predicted octanol–water partition coefficient (Wildman–Crippen LogP) is 3.71. The molecule has 1 aromatic carbocycles. The monoisotopic (exact) mass is 346 g/mol. The number of carbonyl (C=O) groups is 1. The number of urea groups is 1. The number of carbonyl (C=O) groups excluding carboxylic acids is 1. The largest absolute Gasteiger partial charge is 0.497 e. The van der Waals surface area contributed by atoms with Crippen LogP contribution in [0.2, 0.25) is 0 Å². The molecule has 24 heavy (non-hydrogen) atoms. The Bertz CT molecular complexity index is 534. The molecule has 1 fully saturated rings. The number of methoxy groups -OCH3 is 1. The van der Waals surface area contributed by atoms with Gasteiger partial charge in [0.05, 0.1) is 13.2 Å². The Morgan fingerprint density at radius 2 is 1.96 bits per heavy atom. The fourth-order valence-corrected chi connectivity index (χ4v) is 2.67. The number of nitrogens with one attached hydrogen (secondary N) is 2. The van der Waals surface area contributed by atoms with Gasteiger partial charge in [0.15, 0.2) is 0 Å². The van der Waals surface area contributed by atoms with Gasteiger partial charge < -0.3 is 20.1 Å². The molecule has 0 saturated heterocycles. The second-order valence-electron chi connectivity index (χ2n) is 5.74. The molecule has 1 aliphatic rings. The minimum absolute atomic E-state index is 0.199. The van der Waals surface area contributed by atoms with E-state index in [2.05, 4.69) is 10.6 Å². The number of alkyl halides is 3. The Morgan fingerprint density at radius 1 is 1.25 bits per heavy atom. The zero-order valence-electron chi connectivity index (χ0n) is 13.4. The van der Waals surface area contributed by atoms with Crippen molar-refractivity contribution in [1.29, 1.82) is 0 Å². The summed E-state index contributed by atoms with van der Waals surface area (Å²) >= 11 is 0. The van der Waals surface area contributed by atoms with Gasteiger partial charge in [-0.25, -0.2) is 4.79 Å². The SMILES string of the molecule is COc1ccc(NC(=O)N[C@H]2CCC[C@H](OCC(F)(F)F)C2)cc1. The molecule has 0 unspecified atom stereocenters. The summed E-state index contributed by atoms with van der Waals surface area (Å²) in [5, 5.41) is 5.47. The normalized spacial score (nSPS) is 21.2. The Hall–Kier alpha value is -1.96. The molecule has 1 aromatic rings. The molecule has 0 heterocycles. The molecule has 2 N–H and O–H groups in total. The van der Waals surface area contributed by atoms with Crippen LogP contribution in [0.4, 0.5) is 23.7 Å². The van der Waals surface area contributed by atoms with Crippen molar-refractivity contribution < 1.29 is 27.4 Å². The lowest BCUT2D eigenvalue weighted by atomic mass is 9.93. The van der Waals surface area contributed by atoms with Crippen LogP contribution in [-0.2, 0) is 4.74 Å². The number of halogens is 3. The van der Waals surface area contributed by atoms with E-state index in [0.29, 0.717) is 24.3 Å². The third kappa shape index (κ3) is 6.27. The van der Waals surface area contributed by atoms with E-state index in [4.69, 9.17) is 9.47 Å². The molecule has 134 valence electrons. The number of benzene rings is 1. The van der Waals surface area contributed by atoms with Gasteiger partial charge in [-0.3, -0.25) is 0 Å². The van der Waals surface area contributed by atoms with Crippen molar-refractivity contribution in [1.82, 2.24) is 5.32 Å². The molecule has 0 aromatic heterocycles. The number of anilines is 1. The second-order valence-corrected chi connectivity index (χ2v) is 5.74. The standard InChI is InChI=1S/C16H21F3N2O3/c1-23-13-7-5-11(6-8-13)20-15(22)21-12-3-2-4-14(9-12)24-10-16(17,18)19/h5-8,12,14H,2-4,9-10H2,1H3,(H2,20,21,22)/t12-,14-/m0/s1. The van der Waals surface area contributed by atoms with Gasteiger partial charge in [0.25, 0.3) is 0 Å². The first-order chi connectivity index (χ1) is 11.4. The highest BCUT2D eigenvalue weighted by molar-refractivity contribution is 5.89. The van der Waals surface area contributed by atoms with Gasteiger partial charge >= 0.3 is 12.2 Å². The predicted molar refractivity (Wildman–Crippen MR) is 83.2 cm³/mol. The van der Waals surface area contributed by atoms with Crippen molar-refractivity contribution in [3.63, 3.8) is 0 Å². The van der Waals surface area contributed by atoms with Crippen LogP contribution in [0.3, 0.4) is 0 Å². The van der Waals surface area contributed by atoms with Crippen molar-refractivity contribution in [3.05, 3.63) is 24.3 Å². The fourth-order valence-electron chi connectivity index (χ4n) is 2.67. The maximum absolute atomic E-state index is 12.2. The van der Waals surface area contributed by atoms with E-state index >= 15 is 0 Å². The molecular weight excluding hydrogens is 325 g/mol. The van der Waals surface area contributed by atoms with E-state index in [1.54, 1.807) is 31.4 Å². The molecule has 0 bridgehead atoms. The lowest BCUT2D eigenvalue weighted by Gasteiger charge is -2.30. The van der Waals surface area contributed by atoms with E-state index in [1.807, 2.05) is 0 Å². The zero-order valence-corrected chi connectivity index (χ0v) is 13.4. The number of hydrogen-bond donors (Lipinski definition) is 2. The highest BCUT2D eigenvalue weighted by Crippen LogP contribution is 2.24. The van der Waals surface area contributed by atoms with Crippen LogP contribution in [0.25, 0.3) is 0 Å². The topological polar surface area (TPSA) is 59.6 Å². The van der Waals surface area contributed by atoms with Crippen molar-refractivity contribution in [2.45, 2.75) is 44.0 Å². The maximum Gasteiger partial charge on any atom is 0.411 e. The first-order valence-corrected chi connectivity index (χ1v) is 7.75. The van der Waals surface area contributed by atoms with E-state index in [0.717, 1.165) is 12.8 Å². The van der Waals surface area contributed by atoms with Crippen molar-refractivity contribution >= 4 is 11.7 Å². The quantitative estimate of drug-likeness (QED) is 0.854. The van der Waals surface area contributed by atoms with Crippen molar-refractivity contribution in [3.8, 4) is 5.75 Å². The third-order valence-corrected chi connectivity index (χ3v) is 3.79. The molecule has 0 radical (unpaired) electrons. The first kappa shape index (κ1) is 18.4. The van der Waals surface area contributed by atoms with E-state index in [-0.39, 0.29) is 12.1 Å². The van der Waals surface area contributed by atoms with E-state index in [9.17, 15) is 18.0 Å². The van der Waals surface area contributed by atoms with Crippen LogP contribution in [0, 0.1) is 0 Å². The minimum Gasteiger partial charge on any atom is -0.497 e. The van der Waals surface area contributed by atoms with Crippen molar-refractivity contribution in [2.75, 3.05) is 19.0 Å². The molecule has 2 amide bonds. The lowest BCUT2D eigenvalue weighted by Crippen LogP contribution is -2.43. The molecular formula is C16H21F3N2O3. The van der Waals surface area contributed by atoms with Crippen LogP contribution < -0.4 is 15.4 Å². The van der Waals surface area contributed by atoms with E-state index in [1.165, 1.54) is 0 Å². The average Bonchev–Trinajstić information content (AvgIpc) is 2.53. The summed E-state index contributed by atoms with van der Waals surface area (Å²) in [6.45, 7) is -1.25. The number of rotatable bonds is 5. The summed E-state index contributed by atoms with van der Waals surface area (Å²) < 4.78 is 46.5. The van der Waals surface area contributed by atoms with Crippen molar-refractivity contribution in [2.24, 2.45) is 0 Å². The summed E-state index contributed by atoms with van der Waals surface area (Å²) in [5.74, 6) is 0.679. The maximum atomic E-state index is 12.2. The van der Waals surface area contributed by atoms with Gasteiger partial charge in [-0.15, -0.1) is 0 Å². The molecule has 2 rings (SSSR count). The Balaban J connectivity index is 1.78. The number of hydrogen-bond acceptors (Lipinski definition) is 3. The van der Waals surface area contributed by atoms with Gasteiger partial charge in [0.2, 0.25) is 0 Å². The lowest BCUT2D eigenvalue weighted by molar-refractivity contribution is -0.188. The Kier molecular flexibility index (Phi) is 6.30. The zero-order chi connectivity index (χ0) is 17.6. The molecule has 8 heteroatoms. The molecule has 0 spiro atoms. The van der Waals surface area contributed by atoms with Crippen LogP contribution in [0.15, 0.2) is 24.3 Å². The van der Waals surface area contributed by atoms with Gasteiger partial charge in [0, 0.05) is 11.7 Å². The minimum atomic E-state index is -4.33. The van der Waals surface area contributed by atoms with Crippen LogP contribution >= 0.6 is 0 Å². The molecule has 1 aliphatic carbocycles. The molecule has 5 nitrogen and oxygen atoms in total. The fraction of sp³-hybridized carbons (Fsp3) is 0.562. The number of ether oxygens (including phenoxy) is 2. The highest BCUT2D eigenvalue weighted by atomic mass is 19.4. The molecule has 2 atom stereocenters. The second kappa shape index (κ2) is 8.23. The Labute approximate surface area is 138 Å². The van der Waals surface area contributed by atoms with Crippen LogP contribution in [-0.4, -0.2) is 38.1 Å². The first-order valence-electron chi connectivity index (χ1n) is 7.75. The Morgan fingerprint density at radius 3 is 2.58 bits per heavy atom. The van der Waals surface area contributed by atoms with Gasteiger partial charge in [-0.05, 0) is 49.9 Å².